The molecule has 0 spiro atoms. The van der Waals surface area contributed by atoms with Gasteiger partial charge in [-0.25, -0.2) is 9.37 Å². The Kier molecular flexibility index (Phi) is 4.53. The fourth-order valence-corrected chi connectivity index (χ4v) is 3.05. The number of aryl methyl sites for hydroxylation is 1. The van der Waals surface area contributed by atoms with Crippen molar-refractivity contribution in [3.05, 3.63) is 65.2 Å². The van der Waals surface area contributed by atoms with Gasteiger partial charge in [-0.2, -0.15) is 5.10 Å². The largest absolute Gasteiger partial charge is 0.470 e. The van der Waals surface area contributed by atoms with Gasteiger partial charge in [0.1, 0.15) is 22.6 Å². The van der Waals surface area contributed by atoms with E-state index in [1.165, 1.54) is 16.8 Å². The molecule has 3 heterocycles. The molecule has 1 fully saturated rings. The second-order valence-electron chi connectivity index (χ2n) is 6.29. The first kappa shape index (κ1) is 17.5. The highest BCUT2D eigenvalue weighted by Crippen LogP contribution is 2.25. The molecule has 3 aromatic rings. The monoisotopic (exact) mass is 386 g/mol. The third-order valence-corrected chi connectivity index (χ3v) is 4.66. The summed E-state index contributed by atoms with van der Waals surface area (Å²) in [6.07, 6.45) is 1.46. The summed E-state index contributed by atoms with van der Waals surface area (Å²) in [5, 5.41) is 4.80. The lowest BCUT2D eigenvalue weighted by molar-refractivity contribution is 0.0152. The summed E-state index contributed by atoms with van der Waals surface area (Å²) in [5.41, 5.74) is 1.83. The van der Waals surface area contributed by atoms with Gasteiger partial charge in [-0.3, -0.25) is 9.48 Å². The highest BCUT2D eigenvalue weighted by atomic mass is 35.5. The number of likely N-dealkylation sites (tertiary alicyclic amines) is 1. The maximum Gasteiger partial charge on any atom is 0.272 e. The molecule has 1 aromatic carbocycles. The average Bonchev–Trinajstić information content (AvgIpc) is 3.01. The SMILES string of the molecule is Cn1nc(-c2ccc(F)cc2)cc1C(=O)N1CC(Oc2ncccc2Cl)C1. The number of rotatable bonds is 4. The third kappa shape index (κ3) is 3.50. The van der Waals surface area contributed by atoms with Crippen LogP contribution in [0.1, 0.15) is 10.5 Å². The Labute approximate surface area is 160 Å². The molecule has 1 saturated heterocycles. The summed E-state index contributed by atoms with van der Waals surface area (Å²) in [7, 11) is 1.71. The molecule has 27 heavy (non-hydrogen) atoms. The quantitative estimate of drug-likeness (QED) is 0.691. The third-order valence-electron chi connectivity index (χ3n) is 4.38. The van der Waals surface area contributed by atoms with Crippen molar-refractivity contribution in [3.63, 3.8) is 0 Å². The van der Waals surface area contributed by atoms with Crippen molar-refractivity contribution in [1.82, 2.24) is 19.7 Å². The van der Waals surface area contributed by atoms with Crippen LogP contribution in [0.15, 0.2) is 48.7 Å². The van der Waals surface area contributed by atoms with Gasteiger partial charge in [-0.15, -0.1) is 0 Å². The molecule has 0 saturated carbocycles. The van der Waals surface area contributed by atoms with Crippen LogP contribution in [0.2, 0.25) is 5.02 Å². The van der Waals surface area contributed by atoms with Crippen LogP contribution in [-0.2, 0) is 7.05 Å². The second-order valence-corrected chi connectivity index (χ2v) is 6.69. The zero-order chi connectivity index (χ0) is 19.0. The minimum absolute atomic E-state index is 0.134. The number of benzene rings is 1. The Morgan fingerprint density at radius 2 is 2.00 bits per heavy atom. The maximum atomic E-state index is 13.1. The molecule has 138 valence electrons. The van der Waals surface area contributed by atoms with E-state index in [4.69, 9.17) is 16.3 Å². The van der Waals surface area contributed by atoms with E-state index in [1.807, 2.05) is 0 Å². The Morgan fingerprint density at radius 3 is 2.70 bits per heavy atom. The van der Waals surface area contributed by atoms with Crippen molar-refractivity contribution in [2.24, 2.45) is 7.05 Å². The number of pyridine rings is 1. The molecule has 0 aliphatic carbocycles. The molecule has 0 N–H and O–H groups in total. The summed E-state index contributed by atoms with van der Waals surface area (Å²) >= 11 is 6.03. The molecule has 2 aromatic heterocycles. The van der Waals surface area contributed by atoms with E-state index in [0.29, 0.717) is 35.4 Å². The zero-order valence-corrected chi connectivity index (χ0v) is 15.2. The Bertz CT molecular complexity index is 984. The number of nitrogens with zero attached hydrogens (tertiary/aromatic N) is 4. The maximum absolute atomic E-state index is 13.1. The van der Waals surface area contributed by atoms with Gasteiger partial charge < -0.3 is 9.64 Å². The highest BCUT2D eigenvalue weighted by molar-refractivity contribution is 6.31. The smallest absolute Gasteiger partial charge is 0.272 e. The predicted octanol–water partition coefficient (Wildman–Crippen LogP) is 3.18. The lowest BCUT2D eigenvalue weighted by atomic mass is 10.1. The Hall–Kier alpha value is -2.93. The molecule has 1 aliphatic heterocycles. The van der Waals surface area contributed by atoms with Gasteiger partial charge >= 0.3 is 0 Å². The van der Waals surface area contributed by atoms with Crippen molar-refractivity contribution in [1.29, 1.82) is 0 Å². The molecule has 1 aliphatic rings. The van der Waals surface area contributed by atoms with Crippen LogP contribution in [0.5, 0.6) is 5.88 Å². The topological polar surface area (TPSA) is 60.2 Å². The van der Waals surface area contributed by atoms with Crippen LogP contribution < -0.4 is 4.74 Å². The van der Waals surface area contributed by atoms with E-state index in [2.05, 4.69) is 10.1 Å². The molecule has 1 amide bonds. The van der Waals surface area contributed by atoms with E-state index in [1.54, 1.807) is 48.5 Å². The fraction of sp³-hybridized carbons (Fsp3) is 0.211. The number of aromatic nitrogens is 3. The van der Waals surface area contributed by atoms with Crippen LogP contribution in [0.4, 0.5) is 4.39 Å². The van der Waals surface area contributed by atoms with Crippen molar-refractivity contribution < 1.29 is 13.9 Å². The van der Waals surface area contributed by atoms with E-state index >= 15 is 0 Å². The summed E-state index contributed by atoms with van der Waals surface area (Å²) in [4.78, 5) is 18.5. The minimum Gasteiger partial charge on any atom is -0.470 e. The lowest BCUT2D eigenvalue weighted by Crippen LogP contribution is -2.56. The van der Waals surface area contributed by atoms with Crippen LogP contribution in [0.25, 0.3) is 11.3 Å². The zero-order valence-electron chi connectivity index (χ0n) is 14.5. The van der Waals surface area contributed by atoms with Crippen LogP contribution >= 0.6 is 11.6 Å². The molecule has 0 bridgehead atoms. The van der Waals surface area contributed by atoms with Gasteiger partial charge in [0, 0.05) is 18.8 Å². The van der Waals surface area contributed by atoms with Gasteiger partial charge in [0.15, 0.2) is 0 Å². The Morgan fingerprint density at radius 1 is 1.26 bits per heavy atom. The van der Waals surface area contributed by atoms with Crippen LogP contribution in [0, 0.1) is 5.82 Å². The summed E-state index contributed by atoms with van der Waals surface area (Å²) in [6, 6.07) is 11.1. The van der Waals surface area contributed by atoms with E-state index in [-0.39, 0.29) is 17.8 Å². The van der Waals surface area contributed by atoms with E-state index in [0.717, 1.165) is 5.56 Å². The van der Waals surface area contributed by atoms with E-state index < -0.39 is 0 Å². The van der Waals surface area contributed by atoms with Crippen LogP contribution in [0.3, 0.4) is 0 Å². The number of carbonyl (C=O) groups is 1. The highest BCUT2D eigenvalue weighted by Gasteiger charge is 2.34. The lowest BCUT2D eigenvalue weighted by Gasteiger charge is -2.38. The molecule has 6 nitrogen and oxygen atoms in total. The number of carbonyl (C=O) groups excluding carboxylic acids is 1. The normalized spacial score (nSPS) is 14.1. The second kappa shape index (κ2) is 7.00. The minimum atomic E-state index is -0.314. The molecule has 4 rings (SSSR count). The molecular formula is C19H16ClFN4O2. The average molecular weight is 387 g/mol. The van der Waals surface area contributed by atoms with Gasteiger partial charge in [0.25, 0.3) is 5.91 Å². The van der Waals surface area contributed by atoms with Crippen molar-refractivity contribution >= 4 is 17.5 Å². The first-order valence-corrected chi connectivity index (χ1v) is 8.75. The summed E-state index contributed by atoms with van der Waals surface area (Å²) < 4.78 is 20.3. The number of hydrogen-bond donors (Lipinski definition) is 0. The van der Waals surface area contributed by atoms with Crippen molar-refractivity contribution in [3.8, 4) is 17.1 Å². The molecule has 0 radical (unpaired) electrons. The van der Waals surface area contributed by atoms with Gasteiger partial charge in [-0.05, 0) is 42.5 Å². The number of ether oxygens (including phenoxy) is 1. The first-order chi connectivity index (χ1) is 13.0. The van der Waals surface area contributed by atoms with Crippen molar-refractivity contribution in [2.45, 2.75) is 6.10 Å². The first-order valence-electron chi connectivity index (χ1n) is 8.37. The predicted molar refractivity (Wildman–Crippen MR) is 98.2 cm³/mol. The standard InChI is InChI=1S/C19H16ClFN4O2/c1-24-17(9-16(23-24)12-4-6-13(21)7-5-12)19(26)25-10-14(11-25)27-18-15(20)3-2-8-22-18/h2-9,14H,10-11H2,1H3. The summed E-state index contributed by atoms with van der Waals surface area (Å²) in [6.45, 7) is 0.894. The Balaban J connectivity index is 1.42. The van der Waals surface area contributed by atoms with E-state index in [9.17, 15) is 9.18 Å². The number of halogens is 2. The number of amides is 1. The molecule has 8 heteroatoms. The summed E-state index contributed by atoms with van der Waals surface area (Å²) in [5.74, 6) is -0.0775. The van der Waals surface area contributed by atoms with Gasteiger partial charge in [0.05, 0.1) is 18.8 Å². The molecular weight excluding hydrogens is 371 g/mol. The number of hydrogen-bond acceptors (Lipinski definition) is 4. The van der Waals surface area contributed by atoms with Crippen LogP contribution in [-0.4, -0.2) is 44.8 Å². The molecule has 0 atom stereocenters. The van der Waals surface area contributed by atoms with Gasteiger partial charge in [-0.1, -0.05) is 11.6 Å². The van der Waals surface area contributed by atoms with Crippen molar-refractivity contribution in [2.75, 3.05) is 13.1 Å². The fourth-order valence-electron chi connectivity index (χ4n) is 2.89. The molecule has 0 unspecified atom stereocenters. The van der Waals surface area contributed by atoms with Gasteiger partial charge in [0.2, 0.25) is 5.88 Å².